The molecule has 0 bridgehead atoms. The summed E-state index contributed by atoms with van der Waals surface area (Å²) < 4.78 is 1.53. The predicted molar refractivity (Wildman–Crippen MR) is 81.3 cm³/mol. The third-order valence-corrected chi connectivity index (χ3v) is 3.70. The molecular weight excluding hydrogens is 278 g/mol. The highest BCUT2D eigenvalue weighted by molar-refractivity contribution is 6.66. The molecule has 0 fully saturated rings. The molecule has 1 aromatic rings. The molecule has 1 aromatic heterocycles. The first kappa shape index (κ1) is 15.0. The van der Waals surface area contributed by atoms with Crippen molar-refractivity contribution in [2.75, 3.05) is 0 Å². The quantitative estimate of drug-likeness (QED) is 0.820. The number of aromatic nitrogens is 2. The number of fused-ring (bicyclic) bond motifs is 1. The van der Waals surface area contributed by atoms with E-state index in [1.54, 1.807) is 0 Å². The zero-order valence-corrected chi connectivity index (χ0v) is 12.7. The lowest BCUT2D eigenvalue weighted by molar-refractivity contribution is 0.501. The standard InChI is InChI=1S/C14H20ClN3O2/c1-9(2)6-4-3-5-7-18-12-10(8-11(15)16-12)13(19)17-14(18)20/h9H,3-8H2,1-2H3,(H,17,19,20). The molecule has 0 atom stereocenters. The molecule has 0 unspecified atom stereocenters. The monoisotopic (exact) mass is 297 g/mol. The van der Waals surface area contributed by atoms with E-state index < -0.39 is 5.69 Å². The third-order valence-electron chi connectivity index (χ3n) is 3.48. The van der Waals surface area contributed by atoms with E-state index in [2.05, 4.69) is 23.8 Å². The van der Waals surface area contributed by atoms with E-state index in [0.717, 1.165) is 19.3 Å². The van der Waals surface area contributed by atoms with Gasteiger partial charge in [0.05, 0.1) is 5.56 Å². The number of nitrogens with zero attached hydrogens (tertiary/aromatic N) is 2. The summed E-state index contributed by atoms with van der Waals surface area (Å²) in [4.78, 5) is 30.0. The second kappa shape index (κ2) is 6.39. The Kier molecular flexibility index (Phi) is 4.81. The molecule has 110 valence electrons. The van der Waals surface area contributed by atoms with Gasteiger partial charge in [-0.2, -0.15) is 0 Å². The van der Waals surface area contributed by atoms with Crippen LogP contribution < -0.4 is 11.2 Å². The maximum atomic E-state index is 11.9. The smallest absolute Gasteiger partial charge is 0.278 e. The fraction of sp³-hybridized carbons (Fsp3) is 0.643. The first-order valence-electron chi connectivity index (χ1n) is 7.08. The zero-order valence-electron chi connectivity index (χ0n) is 11.9. The van der Waals surface area contributed by atoms with Crippen molar-refractivity contribution in [1.29, 1.82) is 0 Å². The first-order chi connectivity index (χ1) is 9.49. The Morgan fingerprint density at radius 2 is 2.05 bits per heavy atom. The number of nitrogens with one attached hydrogen (secondary N) is 1. The van der Waals surface area contributed by atoms with Crippen LogP contribution in [0.4, 0.5) is 5.82 Å². The average molecular weight is 298 g/mol. The van der Waals surface area contributed by atoms with Crippen molar-refractivity contribution >= 4 is 22.6 Å². The van der Waals surface area contributed by atoms with Crippen LogP contribution >= 0.6 is 11.6 Å². The molecule has 0 aromatic carbocycles. The summed E-state index contributed by atoms with van der Waals surface area (Å²) in [6.45, 7) is 4.98. The Bertz CT molecular complexity index is 628. The van der Waals surface area contributed by atoms with E-state index in [1.165, 1.54) is 11.0 Å². The molecule has 0 radical (unpaired) electrons. The molecule has 20 heavy (non-hydrogen) atoms. The van der Waals surface area contributed by atoms with Crippen molar-refractivity contribution in [1.82, 2.24) is 9.55 Å². The summed E-state index contributed by atoms with van der Waals surface area (Å²) in [6.07, 6.45) is 4.64. The molecule has 0 amide bonds. The van der Waals surface area contributed by atoms with E-state index in [1.807, 2.05) is 0 Å². The molecule has 2 rings (SSSR count). The van der Waals surface area contributed by atoms with E-state index >= 15 is 0 Å². The molecular formula is C14H20ClN3O2. The van der Waals surface area contributed by atoms with Crippen LogP contribution in [0, 0.1) is 5.92 Å². The van der Waals surface area contributed by atoms with Crippen molar-refractivity contribution in [3.8, 4) is 0 Å². The SMILES string of the molecule is CC(C)CCCCCn1c2c(c(=O)[nH]c1=O)CC(Cl)=N2. The van der Waals surface area contributed by atoms with E-state index in [-0.39, 0.29) is 5.56 Å². The average Bonchev–Trinajstić information content (AvgIpc) is 2.74. The van der Waals surface area contributed by atoms with Crippen molar-refractivity contribution < 1.29 is 0 Å². The fourth-order valence-electron chi connectivity index (χ4n) is 2.39. The highest BCUT2D eigenvalue weighted by Gasteiger charge is 2.21. The van der Waals surface area contributed by atoms with Gasteiger partial charge in [-0.3, -0.25) is 14.3 Å². The summed E-state index contributed by atoms with van der Waals surface area (Å²) in [6, 6.07) is 0. The van der Waals surface area contributed by atoms with Gasteiger partial charge in [0.25, 0.3) is 5.56 Å². The van der Waals surface area contributed by atoms with Crippen LogP contribution in [0.1, 0.15) is 45.1 Å². The largest absolute Gasteiger partial charge is 0.329 e. The summed E-state index contributed by atoms with van der Waals surface area (Å²) >= 11 is 5.87. The summed E-state index contributed by atoms with van der Waals surface area (Å²) in [5, 5.41) is 0.365. The lowest BCUT2D eigenvalue weighted by atomic mass is 10.1. The molecule has 2 heterocycles. The molecule has 0 spiro atoms. The number of hydrogen-bond donors (Lipinski definition) is 1. The van der Waals surface area contributed by atoms with E-state index in [0.29, 0.717) is 35.4 Å². The number of aliphatic imine (C=N–C) groups is 1. The Morgan fingerprint density at radius 3 is 2.75 bits per heavy atom. The molecule has 1 aliphatic rings. The molecule has 0 aliphatic carbocycles. The van der Waals surface area contributed by atoms with Gasteiger partial charge in [0.15, 0.2) is 0 Å². The van der Waals surface area contributed by atoms with E-state index in [9.17, 15) is 9.59 Å². The number of hydrogen-bond acceptors (Lipinski definition) is 3. The van der Waals surface area contributed by atoms with Gasteiger partial charge in [-0.1, -0.05) is 44.7 Å². The topological polar surface area (TPSA) is 67.2 Å². The van der Waals surface area contributed by atoms with Crippen LogP contribution in [-0.2, 0) is 13.0 Å². The number of H-pyrrole nitrogens is 1. The van der Waals surface area contributed by atoms with Gasteiger partial charge in [-0.25, -0.2) is 9.79 Å². The van der Waals surface area contributed by atoms with Gasteiger partial charge in [0.2, 0.25) is 0 Å². The minimum Gasteiger partial charge on any atom is -0.278 e. The lowest BCUT2D eigenvalue weighted by Gasteiger charge is -2.09. The minimum atomic E-state index is -0.396. The number of aromatic amines is 1. The molecule has 6 heteroatoms. The minimum absolute atomic E-state index is 0.319. The van der Waals surface area contributed by atoms with Crippen LogP contribution in [-0.4, -0.2) is 14.7 Å². The van der Waals surface area contributed by atoms with Crippen molar-refractivity contribution in [2.24, 2.45) is 10.9 Å². The molecule has 1 N–H and O–H groups in total. The Morgan fingerprint density at radius 1 is 1.30 bits per heavy atom. The van der Waals surface area contributed by atoms with Gasteiger partial charge in [-0.15, -0.1) is 0 Å². The van der Waals surface area contributed by atoms with Gasteiger partial charge in [-0.05, 0) is 12.3 Å². The van der Waals surface area contributed by atoms with Crippen LogP contribution in [0.3, 0.4) is 0 Å². The molecule has 0 saturated heterocycles. The highest BCUT2D eigenvalue weighted by Crippen LogP contribution is 2.23. The van der Waals surface area contributed by atoms with Crippen molar-refractivity contribution in [3.05, 3.63) is 26.4 Å². The van der Waals surface area contributed by atoms with Gasteiger partial charge >= 0.3 is 5.69 Å². The summed E-state index contributed by atoms with van der Waals surface area (Å²) in [5.41, 5.74) is -0.273. The lowest BCUT2D eigenvalue weighted by Crippen LogP contribution is -2.31. The molecule has 5 nitrogen and oxygen atoms in total. The fourth-order valence-corrected chi connectivity index (χ4v) is 2.61. The maximum absolute atomic E-state index is 11.9. The molecule has 1 aliphatic heterocycles. The summed E-state index contributed by atoms with van der Waals surface area (Å²) in [7, 11) is 0. The maximum Gasteiger partial charge on any atom is 0.329 e. The van der Waals surface area contributed by atoms with Crippen LogP contribution in [0.5, 0.6) is 0 Å². The predicted octanol–water partition coefficient (Wildman–Crippen LogP) is 2.58. The number of unbranched alkanes of at least 4 members (excludes halogenated alkanes) is 2. The summed E-state index contributed by atoms with van der Waals surface area (Å²) in [5.74, 6) is 1.14. The van der Waals surface area contributed by atoms with Crippen molar-refractivity contribution in [3.63, 3.8) is 0 Å². The first-order valence-corrected chi connectivity index (χ1v) is 7.46. The van der Waals surface area contributed by atoms with Crippen molar-refractivity contribution in [2.45, 2.75) is 52.5 Å². The second-order valence-corrected chi connectivity index (χ2v) is 6.06. The Hall–Kier alpha value is -1.36. The van der Waals surface area contributed by atoms with Gasteiger partial charge < -0.3 is 0 Å². The normalized spacial score (nSPS) is 13.7. The third kappa shape index (κ3) is 3.39. The Balaban J connectivity index is 2.07. The van der Waals surface area contributed by atoms with Crippen LogP contribution in [0.25, 0.3) is 0 Å². The zero-order chi connectivity index (χ0) is 14.7. The van der Waals surface area contributed by atoms with Gasteiger partial charge in [0, 0.05) is 13.0 Å². The molecule has 0 saturated carbocycles. The second-order valence-electron chi connectivity index (χ2n) is 5.62. The number of rotatable bonds is 6. The Labute approximate surface area is 122 Å². The van der Waals surface area contributed by atoms with Crippen LogP contribution in [0.2, 0.25) is 0 Å². The highest BCUT2D eigenvalue weighted by atomic mass is 35.5. The van der Waals surface area contributed by atoms with E-state index in [4.69, 9.17) is 11.6 Å². The van der Waals surface area contributed by atoms with Gasteiger partial charge in [0.1, 0.15) is 11.0 Å². The van der Waals surface area contributed by atoms with Crippen LogP contribution in [0.15, 0.2) is 14.6 Å². The number of halogens is 1.